The topological polar surface area (TPSA) is 67.9 Å². The van der Waals surface area contributed by atoms with Gasteiger partial charge in [-0.2, -0.15) is 13.2 Å². The van der Waals surface area contributed by atoms with Crippen LogP contribution in [0.4, 0.5) is 13.2 Å². The molecule has 0 aromatic heterocycles. The van der Waals surface area contributed by atoms with Gasteiger partial charge in [0.2, 0.25) is 11.8 Å². The molecule has 0 bridgehead atoms. The maximum Gasteiger partial charge on any atom is 0.416 e. The van der Waals surface area contributed by atoms with Gasteiger partial charge in [0.25, 0.3) is 0 Å². The minimum atomic E-state index is -4.46. The molecule has 1 heterocycles. The van der Waals surface area contributed by atoms with E-state index < -0.39 is 17.7 Å². The van der Waals surface area contributed by atoms with E-state index in [1.54, 1.807) is 12.1 Å². The molecule has 1 fully saturated rings. The number of likely N-dealkylation sites (tertiary alicyclic amines) is 1. The Hall–Kier alpha value is -2.94. The molecular weight excluding hydrogens is 461 g/mol. The van der Waals surface area contributed by atoms with Crippen molar-refractivity contribution < 1.29 is 32.2 Å². The maximum absolute atomic E-state index is 12.9. The van der Waals surface area contributed by atoms with Crippen molar-refractivity contribution in [3.63, 3.8) is 0 Å². The van der Waals surface area contributed by atoms with Gasteiger partial charge in [-0.05, 0) is 42.3 Å². The highest BCUT2D eigenvalue weighted by molar-refractivity contribution is 6.32. The van der Waals surface area contributed by atoms with Crippen molar-refractivity contribution >= 4 is 23.4 Å². The zero-order valence-electron chi connectivity index (χ0n) is 18.2. The van der Waals surface area contributed by atoms with Gasteiger partial charge in [-0.25, -0.2) is 0 Å². The van der Waals surface area contributed by atoms with Gasteiger partial charge >= 0.3 is 6.18 Å². The standard InChI is InChI=1S/C23H24ClF3N2O4/c1-3-33-21-18(24)8-15(9-19(21)32-2)11-28-22(31)16-10-20(30)29(13-16)12-14-5-4-6-17(7-14)23(25,26)27/h4-9,16H,3,10-13H2,1-2H3,(H,28,31). The Morgan fingerprint density at radius 2 is 2.00 bits per heavy atom. The van der Waals surface area contributed by atoms with Crippen molar-refractivity contribution in [1.29, 1.82) is 0 Å². The van der Waals surface area contributed by atoms with Crippen LogP contribution in [0, 0.1) is 5.92 Å². The number of carbonyl (C=O) groups excluding carboxylic acids is 2. The van der Waals surface area contributed by atoms with Gasteiger partial charge in [-0.3, -0.25) is 9.59 Å². The molecule has 1 aliphatic rings. The number of nitrogens with one attached hydrogen (secondary N) is 1. The number of benzene rings is 2. The van der Waals surface area contributed by atoms with Crippen molar-refractivity contribution in [1.82, 2.24) is 10.2 Å². The molecule has 10 heteroatoms. The van der Waals surface area contributed by atoms with Crippen molar-refractivity contribution in [2.24, 2.45) is 5.92 Å². The summed E-state index contributed by atoms with van der Waals surface area (Å²) in [5, 5.41) is 3.13. The van der Waals surface area contributed by atoms with Gasteiger partial charge < -0.3 is 19.7 Å². The van der Waals surface area contributed by atoms with Crippen LogP contribution in [-0.2, 0) is 28.9 Å². The summed E-state index contributed by atoms with van der Waals surface area (Å²) in [5.74, 6) is -0.333. The van der Waals surface area contributed by atoms with Gasteiger partial charge in [0.05, 0.1) is 30.2 Å². The van der Waals surface area contributed by atoms with E-state index in [1.165, 1.54) is 24.1 Å². The predicted octanol–water partition coefficient (Wildman–Crippen LogP) is 4.43. The van der Waals surface area contributed by atoms with E-state index in [2.05, 4.69) is 5.32 Å². The van der Waals surface area contributed by atoms with Crippen LogP contribution in [0.15, 0.2) is 36.4 Å². The predicted molar refractivity (Wildman–Crippen MR) is 116 cm³/mol. The van der Waals surface area contributed by atoms with Crippen molar-refractivity contribution in [2.75, 3.05) is 20.3 Å². The first kappa shape index (κ1) is 24.7. The quantitative estimate of drug-likeness (QED) is 0.602. The normalized spacial score (nSPS) is 16.1. The van der Waals surface area contributed by atoms with Crippen LogP contribution in [0.3, 0.4) is 0 Å². The molecule has 1 saturated heterocycles. The number of methoxy groups -OCH3 is 1. The van der Waals surface area contributed by atoms with Crippen molar-refractivity contribution in [2.45, 2.75) is 32.6 Å². The highest BCUT2D eigenvalue weighted by Gasteiger charge is 2.35. The lowest BCUT2D eigenvalue weighted by molar-refractivity contribution is -0.137. The number of rotatable bonds is 8. The fraction of sp³-hybridized carbons (Fsp3) is 0.391. The molecule has 0 aliphatic carbocycles. The number of halogens is 4. The first-order valence-electron chi connectivity index (χ1n) is 10.3. The Labute approximate surface area is 194 Å². The van der Waals surface area contributed by atoms with Crippen LogP contribution in [0.25, 0.3) is 0 Å². The number of alkyl halides is 3. The van der Waals surface area contributed by atoms with Crippen LogP contribution in [0.2, 0.25) is 5.02 Å². The average Bonchev–Trinajstić information content (AvgIpc) is 3.13. The van der Waals surface area contributed by atoms with Gasteiger partial charge in [-0.15, -0.1) is 0 Å². The number of hydrogen-bond donors (Lipinski definition) is 1. The minimum absolute atomic E-state index is 0.00184. The Kier molecular flexibility index (Phi) is 7.73. The van der Waals surface area contributed by atoms with E-state index in [1.807, 2.05) is 6.92 Å². The van der Waals surface area contributed by atoms with Gasteiger partial charge in [0.1, 0.15) is 0 Å². The van der Waals surface area contributed by atoms with E-state index >= 15 is 0 Å². The van der Waals surface area contributed by atoms with E-state index in [0.29, 0.717) is 34.3 Å². The Morgan fingerprint density at radius 3 is 2.67 bits per heavy atom. The lowest BCUT2D eigenvalue weighted by Crippen LogP contribution is -2.32. The first-order valence-corrected chi connectivity index (χ1v) is 10.7. The molecule has 0 radical (unpaired) electrons. The number of hydrogen-bond acceptors (Lipinski definition) is 4. The summed E-state index contributed by atoms with van der Waals surface area (Å²) in [6, 6.07) is 8.20. The third-order valence-corrected chi connectivity index (χ3v) is 5.54. The monoisotopic (exact) mass is 484 g/mol. The highest BCUT2D eigenvalue weighted by Crippen LogP contribution is 2.36. The zero-order chi connectivity index (χ0) is 24.2. The number of ether oxygens (including phenoxy) is 2. The molecule has 3 rings (SSSR count). The van der Waals surface area contributed by atoms with Crippen LogP contribution in [-0.4, -0.2) is 37.0 Å². The van der Waals surface area contributed by atoms with Gasteiger partial charge in [0.15, 0.2) is 11.5 Å². The fourth-order valence-electron chi connectivity index (χ4n) is 3.66. The molecule has 1 atom stereocenters. The SMILES string of the molecule is CCOc1c(Cl)cc(CNC(=O)C2CC(=O)N(Cc3cccc(C(F)(F)F)c3)C2)cc1OC. The average molecular weight is 485 g/mol. The van der Waals surface area contributed by atoms with E-state index in [-0.39, 0.29) is 37.9 Å². The molecule has 1 N–H and O–H groups in total. The first-order chi connectivity index (χ1) is 15.6. The van der Waals surface area contributed by atoms with E-state index in [0.717, 1.165) is 12.1 Å². The fourth-order valence-corrected chi connectivity index (χ4v) is 3.95. The maximum atomic E-state index is 12.9. The molecular formula is C23H24ClF3N2O4. The van der Waals surface area contributed by atoms with Crippen molar-refractivity contribution in [3.05, 3.63) is 58.1 Å². The summed E-state index contributed by atoms with van der Waals surface area (Å²) in [7, 11) is 1.49. The third-order valence-electron chi connectivity index (χ3n) is 5.26. The molecule has 1 aliphatic heterocycles. The minimum Gasteiger partial charge on any atom is -0.493 e. The molecule has 2 aromatic carbocycles. The third kappa shape index (κ3) is 6.10. The smallest absolute Gasteiger partial charge is 0.416 e. The lowest BCUT2D eigenvalue weighted by atomic mass is 10.1. The molecule has 2 amide bonds. The summed E-state index contributed by atoms with van der Waals surface area (Å²) < 4.78 is 49.5. The van der Waals surface area contributed by atoms with Crippen LogP contribution in [0.5, 0.6) is 11.5 Å². The second kappa shape index (κ2) is 10.3. The largest absolute Gasteiger partial charge is 0.493 e. The van der Waals surface area contributed by atoms with Crippen LogP contribution >= 0.6 is 11.6 Å². The zero-order valence-corrected chi connectivity index (χ0v) is 18.9. The van der Waals surface area contributed by atoms with Crippen LogP contribution < -0.4 is 14.8 Å². The number of carbonyl (C=O) groups is 2. The Morgan fingerprint density at radius 1 is 1.24 bits per heavy atom. The van der Waals surface area contributed by atoms with Gasteiger partial charge in [-0.1, -0.05) is 23.7 Å². The number of nitrogens with zero attached hydrogens (tertiary/aromatic N) is 1. The highest BCUT2D eigenvalue weighted by atomic mass is 35.5. The summed E-state index contributed by atoms with van der Waals surface area (Å²) >= 11 is 6.25. The molecule has 178 valence electrons. The molecule has 1 unspecified atom stereocenters. The lowest BCUT2D eigenvalue weighted by Gasteiger charge is -2.18. The summed E-state index contributed by atoms with van der Waals surface area (Å²) in [5.41, 5.74) is 0.277. The van der Waals surface area contributed by atoms with Gasteiger partial charge in [0, 0.05) is 26.1 Å². The van der Waals surface area contributed by atoms with E-state index in [9.17, 15) is 22.8 Å². The Bertz CT molecular complexity index is 1030. The molecule has 33 heavy (non-hydrogen) atoms. The second-order valence-electron chi connectivity index (χ2n) is 7.63. The summed E-state index contributed by atoms with van der Waals surface area (Å²) in [6.07, 6.45) is -4.46. The summed E-state index contributed by atoms with van der Waals surface area (Å²) in [4.78, 5) is 26.4. The number of amides is 2. The van der Waals surface area contributed by atoms with E-state index in [4.69, 9.17) is 21.1 Å². The molecule has 6 nitrogen and oxygen atoms in total. The molecule has 0 saturated carbocycles. The Balaban J connectivity index is 1.60. The second-order valence-corrected chi connectivity index (χ2v) is 8.04. The molecule has 2 aromatic rings. The molecule has 0 spiro atoms. The summed E-state index contributed by atoms with van der Waals surface area (Å²) in [6.45, 7) is 2.55. The van der Waals surface area contributed by atoms with Crippen LogP contribution in [0.1, 0.15) is 30.0 Å². The van der Waals surface area contributed by atoms with Crippen molar-refractivity contribution in [3.8, 4) is 11.5 Å².